The zero-order valence-corrected chi connectivity index (χ0v) is 13.8. The van der Waals surface area contributed by atoms with Gasteiger partial charge in [-0.2, -0.15) is 18.3 Å². The molecule has 0 spiro atoms. The molecule has 0 unspecified atom stereocenters. The summed E-state index contributed by atoms with van der Waals surface area (Å²) in [6.45, 7) is 3.99. The third kappa shape index (κ3) is 4.02. The average molecular weight is 346 g/mol. The van der Waals surface area contributed by atoms with Crippen molar-refractivity contribution in [2.45, 2.75) is 26.6 Å². The first-order chi connectivity index (χ1) is 11.8. The van der Waals surface area contributed by atoms with Crippen LogP contribution < -0.4 is 4.74 Å². The molecule has 1 heterocycles. The van der Waals surface area contributed by atoms with E-state index in [1.165, 1.54) is 4.68 Å². The summed E-state index contributed by atoms with van der Waals surface area (Å²) in [6, 6.07) is 15.6. The first-order valence-corrected chi connectivity index (χ1v) is 7.75. The van der Waals surface area contributed by atoms with E-state index in [-0.39, 0.29) is 12.5 Å². The molecule has 0 aliphatic carbocycles. The van der Waals surface area contributed by atoms with Gasteiger partial charge in [0.05, 0.1) is 5.69 Å². The molecule has 3 aromatic rings. The van der Waals surface area contributed by atoms with Gasteiger partial charge in [-0.05, 0) is 37.1 Å². The van der Waals surface area contributed by atoms with E-state index in [4.69, 9.17) is 4.74 Å². The molecule has 0 N–H and O–H groups in total. The van der Waals surface area contributed by atoms with Crippen LogP contribution in [0.4, 0.5) is 13.2 Å². The second-order valence-electron chi connectivity index (χ2n) is 5.89. The van der Waals surface area contributed by atoms with Crippen LogP contribution in [0.3, 0.4) is 0 Å². The molecule has 130 valence electrons. The van der Waals surface area contributed by atoms with Crippen molar-refractivity contribution in [2.24, 2.45) is 0 Å². The molecule has 6 heteroatoms. The van der Waals surface area contributed by atoms with Crippen LogP contribution >= 0.6 is 0 Å². The fraction of sp³-hybridized carbons (Fsp3) is 0.211. The lowest BCUT2D eigenvalue weighted by Gasteiger charge is -2.10. The maximum absolute atomic E-state index is 13.1. The molecule has 0 saturated heterocycles. The van der Waals surface area contributed by atoms with E-state index in [9.17, 15) is 13.2 Å². The topological polar surface area (TPSA) is 27.1 Å². The van der Waals surface area contributed by atoms with E-state index in [1.807, 2.05) is 44.2 Å². The Morgan fingerprint density at radius 1 is 0.960 bits per heavy atom. The van der Waals surface area contributed by atoms with Crippen LogP contribution in [0.5, 0.6) is 5.88 Å². The molecule has 0 fully saturated rings. The summed E-state index contributed by atoms with van der Waals surface area (Å²) in [5, 5.41) is 3.69. The summed E-state index contributed by atoms with van der Waals surface area (Å²) in [4.78, 5) is 0. The lowest BCUT2D eigenvalue weighted by molar-refractivity contribution is -0.141. The third-order valence-corrected chi connectivity index (χ3v) is 3.72. The molecule has 0 aliphatic heterocycles. The molecule has 0 bridgehead atoms. The Hall–Kier alpha value is -2.76. The van der Waals surface area contributed by atoms with Gasteiger partial charge in [-0.25, -0.2) is 4.68 Å². The second-order valence-corrected chi connectivity index (χ2v) is 5.89. The molecular formula is C19H17F3N2O. The van der Waals surface area contributed by atoms with Crippen molar-refractivity contribution in [3.63, 3.8) is 0 Å². The lowest BCUT2D eigenvalue weighted by Crippen LogP contribution is -2.07. The van der Waals surface area contributed by atoms with Gasteiger partial charge in [0.15, 0.2) is 5.69 Å². The minimum atomic E-state index is -4.53. The summed E-state index contributed by atoms with van der Waals surface area (Å²) < 4.78 is 46.0. The van der Waals surface area contributed by atoms with Crippen molar-refractivity contribution < 1.29 is 17.9 Å². The number of hydrogen-bond donors (Lipinski definition) is 0. The standard InChI is InChI=1S/C19H17F3N2O/c1-13-6-8-15(9-7-13)12-25-18-11-17(19(20,21)22)23-24(18)16-5-3-4-14(2)10-16/h3-11H,12H2,1-2H3. The van der Waals surface area contributed by atoms with Crippen LogP contribution in [0.1, 0.15) is 22.4 Å². The van der Waals surface area contributed by atoms with E-state index in [0.29, 0.717) is 5.69 Å². The highest BCUT2D eigenvalue weighted by molar-refractivity contribution is 5.39. The van der Waals surface area contributed by atoms with Crippen molar-refractivity contribution in [3.8, 4) is 11.6 Å². The van der Waals surface area contributed by atoms with E-state index in [2.05, 4.69) is 5.10 Å². The summed E-state index contributed by atoms with van der Waals surface area (Å²) >= 11 is 0. The molecule has 0 aliphatic rings. The van der Waals surface area contributed by atoms with Gasteiger partial charge < -0.3 is 4.74 Å². The maximum atomic E-state index is 13.1. The van der Waals surface area contributed by atoms with Gasteiger partial charge in [0.2, 0.25) is 5.88 Å². The molecule has 0 radical (unpaired) electrons. The highest BCUT2D eigenvalue weighted by Crippen LogP contribution is 2.32. The fourth-order valence-electron chi connectivity index (χ4n) is 2.39. The Bertz CT molecular complexity index is 867. The number of halogens is 3. The van der Waals surface area contributed by atoms with Gasteiger partial charge in [0, 0.05) is 6.07 Å². The van der Waals surface area contributed by atoms with Gasteiger partial charge >= 0.3 is 6.18 Å². The predicted octanol–water partition coefficient (Wildman–Crippen LogP) is 5.09. The Morgan fingerprint density at radius 2 is 1.68 bits per heavy atom. The third-order valence-electron chi connectivity index (χ3n) is 3.72. The zero-order valence-electron chi connectivity index (χ0n) is 13.8. The molecule has 1 aromatic heterocycles. The van der Waals surface area contributed by atoms with Crippen molar-refractivity contribution in [3.05, 3.63) is 77.0 Å². The van der Waals surface area contributed by atoms with Crippen LogP contribution in [-0.4, -0.2) is 9.78 Å². The van der Waals surface area contributed by atoms with Crippen LogP contribution in [0.2, 0.25) is 0 Å². The molecule has 0 saturated carbocycles. The van der Waals surface area contributed by atoms with Crippen molar-refractivity contribution in [1.29, 1.82) is 0 Å². The number of nitrogens with zero attached hydrogens (tertiary/aromatic N) is 2. The van der Waals surface area contributed by atoms with Gasteiger partial charge in [0.1, 0.15) is 6.61 Å². The Labute approximate surface area is 143 Å². The van der Waals surface area contributed by atoms with Crippen LogP contribution in [0.25, 0.3) is 5.69 Å². The molecular weight excluding hydrogens is 329 g/mol. The van der Waals surface area contributed by atoms with Gasteiger partial charge in [0.25, 0.3) is 0 Å². The molecule has 2 aromatic carbocycles. The SMILES string of the molecule is Cc1ccc(COc2cc(C(F)(F)F)nn2-c2cccc(C)c2)cc1. The quantitative estimate of drug-likeness (QED) is 0.658. The van der Waals surface area contributed by atoms with Crippen LogP contribution in [0, 0.1) is 13.8 Å². The van der Waals surface area contributed by atoms with E-state index < -0.39 is 11.9 Å². The maximum Gasteiger partial charge on any atom is 0.435 e. The first kappa shape index (κ1) is 17.1. The molecule has 3 nitrogen and oxygen atoms in total. The fourth-order valence-corrected chi connectivity index (χ4v) is 2.39. The Balaban J connectivity index is 1.93. The highest BCUT2D eigenvalue weighted by atomic mass is 19.4. The van der Waals surface area contributed by atoms with Crippen molar-refractivity contribution in [1.82, 2.24) is 9.78 Å². The minimum absolute atomic E-state index is 0.0542. The first-order valence-electron chi connectivity index (χ1n) is 7.75. The van der Waals surface area contributed by atoms with Gasteiger partial charge in [-0.15, -0.1) is 0 Å². The largest absolute Gasteiger partial charge is 0.473 e. The normalized spacial score (nSPS) is 11.6. The van der Waals surface area contributed by atoms with Crippen LogP contribution in [0.15, 0.2) is 54.6 Å². The average Bonchev–Trinajstić information content (AvgIpc) is 2.99. The highest BCUT2D eigenvalue weighted by Gasteiger charge is 2.35. The van der Waals surface area contributed by atoms with E-state index >= 15 is 0 Å². The summed E-state index contributed by atoms with van der Waals surface area (Å²) in [7, 11) is 0. The van der Waals surface area contributed by atoms with Gasteiger partial charge in [-0.3, -0.25) is 0 Å². The second kappa shape index (κ2) is 6.63. The van der Waals surface area contributed by atoms with Crippen molar-refractivity contribution in [2.75, 3.05) is 0 Å². The number of alkyl halides is 3. The molecule has 25 heavy (non-hydrogen) atoms. The molecule has 0 amide bonds. The minimum Gasteiger partial charge on any atom is -0.473 e. The summed E-state index contributed by atoms with van der Waals surface area (Å²) in [6.07, 6.45) is -4.53. The lowest BCUT2D eigenvalue weighted by atomic mass is 10.2. The van der Waals surface area contributed by atoms with Crippen LogP contribution in [-0.2, 0) is 12.8 Å². The van der Waals surface area contributed by atoms with Crippen molar-refractivity contribution >= 4 is 0 Å². The number of aryl methyl sites for hydroxylation is 2. The zero-order chi connectivity index (χ0) is 18.0. The van der Waals surface area contributed by atoms with E-state index in [0.717, 1.165) is 22.8 Å². The monoisotopic (exact) mass is 346 g/mol. The Morgan fingerprint density at radius 3 is 2.32 bits per heavy atom. The van der Waals surface area contributed by atoms with Gasteiger partial charge in [-0.1, -0.05) is 42.0 Å². The number of hydrogen-bond acceptors (Lipinski definition) is 2. The number of benzene rings is 2. The summed E-state index contributed by atoms with van der Waals surface area (Å²) in [5.74, 6) is 0.0542. The number of aromatic nitrogens is 2. The summed E-state index contributed by atoms with van der Waals surface area (Å²) in [5.41, 5.74) is 2.44. The number of ether oxygens (including phenoxy) is 1. The number of rotatable bonds is 4. The smallest absolute Gasteiger partial charge is 0.435 e. The Kier molecular flexibility index (Phi) is 4.53. The molecule has 0 atom stereocenters. The molecule has 3 rings (SSSR count). The predicted molar refractivity (Wildman–Crippen MR) is 88.8 cm³/mol. The van der Waals surface area contributed by atoms with E-state index in [1.54, 1.807) is 18.2 Å².